The first-order valence-corrected chi connectivity index (χ1v) is 5.98. The predicted molar refractivity (Wildman–Crippen MR) is 64.1 cm³/mol. The average molecular weight is 224 g/mol. The minimum atomic E-state index is -0.396. The van der Waals surface area contributed by atoms with Crippen molar-refractivity contribution >= 4 is 23.5 Å². The molecule has 0 aliphatic rings. The van der Waals surface area contributed by atoms with Crippen molar-refractivity contribution in [3.63, 3.8) is 0 Å². The summed E-state index contributed by atoms with van der Waals surface area (Å²) in [6.45, 7) is 5.64. The summed E-state index contributed by atoms with van der Waals surface area (Å²) in [5.41, 5.74) is -0.396. The van der Waals surface area contributed by atoms with Crippen LogP contribution < -0.4 is 5.32 Å². The molecule has 0 saturated heterocycles. The van der Waals surface area contributed by atoms with Gasteiger partial charge in [0.2, 0.25) is 5.91 Å². The van der Waals surface area contributed by atoms with E-state index in [9.17, 15) is 4.79 Å². The molecule has 15 heavy (non-hydrogen) atoms. The molecule has 0 spiro atoms. The van der Waals surface area contributed by atoms with E-state index in [4.69, 9.17) is 0 Å². The molecule has 0 aromatic carbocycles. The van der Waals surface area contributed by atoms with Gasteiger partial charge in [-0.2, -0.15) is 0 Å². The second-order valence-electron chi connectivity index (χ2n) is 4.26. The zero-order valence-electron chi connectivity index (χ0n) is 9.50. The zero-order chi connectivity index (χ0) is 11.5. The van der Waals surface area contributed by atoms with Crippen LogP contribution in [0.4, 0.5) is 5.82 Å². The summed E-state index contributed by atoms with van der Waals surface area (Å²) in [6, 6.07) is 3.80. The van der Waals surface area contributed by atoms with E-state index < -0.39 is 5.41 Å². The van der Waals surface area contributed by atoms with Gasteiger partial charge < -0.3 is 5.32 Å². The number of carbonyl (C=O) groups is 1. The van der Waals surface area contributed by atoms with Crippen LogP contribution in [0.5, 0.6) is 0 Å². The van der Waals surface area contributed by atoms with Crippen LogP contribution in [0.15, 0.2) is 23.2 Å². The van der Waals surface area contributed by atoms with Crippen molar-refractivity contribution in [2.45, 2.75) is 25.7 Å². The predicted octanol–water partition coefficient (Wildman–Crippen LogP) is 2.79. The molecular weight excluding hydrogens is 208 g/mol. The number of amides is 1. The second-order valence-corrected chi connectivity index (χ2v) is 5.11. The summed E-state index contributed by atoms with van der Waals surface area (Å²) in [7, 11) is 0. The van der Waals surface area contributed by atoms with Crippen molar-refractivity contribution in [2.75, 3.05) is 11.6 Å². The summed E-state index contributed by atoms with van der Waals surface area (Å²) in [6.07, 6.45) is 3.64. The fourth-order valence-corrected chi connectivity index (χ4v) is 1.46. The van der Waals surface area contributed by atoms with Crippen molar-refractivity contribution in [3.05, 3.63) is 18.3 Å². The van der Waals surface area contributed by atoms with Crippen molar-refractivity contribution in [2.24, 2.45) is 5.41 Å². The Morgan fingerprint density at radius 3 is 2.67 bits per heavy atom. The van der Waals surface area contributed by atoms with Gasteiger partial charge in [-0.05, 0) is 18.4 Å². The molecule has 0 atom stereocenters. The van der Waals surface area contributed by atoms with E-state index in [1.165, 1.54) is 0 Å². The average Bonchev–Trinajstić information content (AvgIpc) is 2.17. The van der Waals surface area contributed by atoms with Crippen LogP contribution in [0, 0.1) is 5.41 Å². The van der Waals surface area contributed by atoms with Gasteiger partial charge in [-0.3, -0.25) is 4.79 Å². The minimum Gasteiger partial charge on any atom is -0.309 e. The van der Waals surface area contributed by atoms with Gasteiger partial charge in [0.15, 0.2) is 0 Å². The van der Waals surface area contributed by atoms with E-state index >= 15 is 0 Å². The molecule has 1 amide bonds. The van der Waals surface area contributed by atoms with Crippen LogP contribution in [-0.4, -0.2) is 17.1 Å². The Labute approximate surface area is 94.7 Å². The number of thioether (sulfide) groups is 1. The highest BCUT2D eigenvalue weighted by Gasteiger charge is 2.22. The Balaban J connectivity index is 2.85. The maximum atomic E-state index is 11.7. The summed E-state index contributed by atoms with van der Waals surface area (Å²) in [4.78, 5) is 16.9. The molecule has 0 bridgehead atoms. The topological polar surface area (TPSA) is 42.0 Å². The van der Waals surface area contributed by atoms with Gasteiger partial charge in [0.1, 0.15) is 5.82 Å². The van der Waals surface area contributed by atoms with Crippen LogP contribution in [-0.2, 0) is 4.79 Å². The lowest BCUT2D eigenvalue weighted by molar-refractivity contribution is -0.123. The Kier molecular flexibility index (Phi) is 3.74. The highest BCUT2D eigenvalue weighted by atomic mass is 32.2. The van der Waals surface area contributed by atoms with E-state index in [1.54, 1.807) is 18.0 Å². The van der Waals surface area contributed by atoms with Crippen LogP contribution in [0.3, 0.4) is 0 Å². The van der Waals surface area contributed by atoms with E-state index in [0.717, 1.165) is 4.90 Å². The molecule has 1 N–H and O–H groups in total. The monoisotopic (exact) mass is 224 g/mol. The van der Waals surface area contributed by atoms with Gasteiger partial charge >= 0.3 is 0 Å². The molecule has 0 aliphatic carbocycles. The quantitative estimate of drug-likeness (QED) is 0.785. The fourth-order valence-electron chi connectivity index (χ4n) is 0.944. The van der Waals surface area contributed by atoms with Crippen molar-refractivity contribution in [1.29, 1.82) is 0 Å². The molecular formula is C11H16N2OS. The van der Waals surface area contributed by atoms with E-state index in [0.29, 0.717) is 5.82 Å². The van der Waals surface area contributed by atoms with Gasteiger partial charge in [-0.25, -0.2) is 4.98 Å². The highest BCUT2D eigenvalue weighted by Crippen LogP contribution is 2.24. The Hall–Kier alpha value is -1.03. The van der Waals surface area contributed by atoms with Crippen molar-refractivity contribution in [3.8, 4) is 0 Å². The van der Waals surface area contributed by atoms with Gasteiger partial charge in [-0.15, -0.1) is 11.8 Å². The lowest BCUT2D eigenvalue weighted by Crippen LogP contribution is -2.28. The molecule has 82 valence electrons. The maximum absolute atomic E-state index is 11.7. The summed E-state index contributed by atoms with van der Waals surface area (Å²) in [5, 5.41) is 2.83. The smallest absolute Gasteiger partial charge is 0.230 e. The molecule has 3 nitrogen and oxygen atoms in total. The highest BCUT2D eigenvalue weighted by molar-refractivity contribution is 7.98. The summed E-state index contributed by atoms with van der Waals surface area (Å²) >= 11 is 1.57. The summed E-state index contributed by atoms with van der Waals surface area (Å²) < 4.78 is 0. The first-order chi connectivity index (χ1) is 6.95. The Morgan fingerprint density at radius 2 is 2.13 bits per heavy atom. The third-order valence-electron chi connectivity index (χ3n) is 1.90. The second kappa shape index (κ2) is 4.66. The third kappa shape index (κ3) is 3.23. The minimum absolute atomic E-state index is 0.0171. The first kappa shape index (κ1) is 12.0. The number of carbonyl (C=O) groups excluding carboxylic acids is 1. The van der Waals surface area contributed by atoms with E-state index in [2.05, 4.69) is 10.3 Å². The number of hydrogen-bond donors (Lipinski definition) is 1. The van der Waals surface area contributed by atoms with Gasteiger partial charge in [0.25, 0.3) is 0 Å². The summed E-state index contributed by atoms with van der Waals surface area (Å²) in [5.74, 6) is 0.626. The molecule has 1 aromatic rings. The molecule has 0 radical (unpaired) electrons. The largest absolute Gasteiger partial charge is 0.309 e. The zero-order valence-corrected chi connectivity index (χ0v) is 10.3. The van der Waals surface area contributed by atoms with E-state index in [-0.39, 0.29) is 5.91 Å². The number of aromatic nitrogens is 1. The SMILES string of the molecule is CSc1cccnc1NC(=O)C(C)(C)C. The lowest BCUT2D eigenvalue weighted by Gasteiger charge is -2.18. The lowest BCUT2D eigenvalue weighted by atomic mass is 9.96. The molecule has 1 rings (SSSR count). The van der Waals surface area contributed by atoms with Crippen molar-refractivity contribution < 1.29 is 4.79 Å². The number of pyridine rings is 1. The van der Waals surface area contributed by atoms with Crippen LogP contribution in [0.25, 0.3) is 0 Å². The number of anilines is 1. The van der Waals surface area contributed by atoms with Gasteiger partial charge in [-0.1, -0.05) is 20.8 Å². The Morgan fingerprint density at radius 1 is 1.47 bits per heavy atom. The van der Waals surface area contributed by atoms with Gasteiger partial charge in [0.05, 0.1) is 0 Å². The fraction of sp³-hybridized carbons (Fsp3) is 0.455. The molecule has 0 saturated carbocycles. The molecule has 0 fully saturated rings. The normalized spacial score (nSPS) is 11.2. The van der Waals surface area contributed by atoms with Gasteiger partial charge in [0, 0.05) is 16.5 Å². The number of nitrogens with one attached hydrogen (secondary N) is 1. The van der Waals surface area contributed by atoms with Crippen LogP contribution in [0.2, 0.25) is 0 Å². The maximum Gasteiger partial charge on any atom is 0.230 e. The number of hydrogen-bond acceptors (Lipinski definition) is 3. The van der Waals surface area contributed by atoms with E-state index in [1.807, 2.05) is 39.2 Å². The third-order valence-corrected chi connectivity index (χ3v) is 2.67. The molecule has 0 unspecified atom stereocenters. The number of nitrogens with zero attached hydrogens (tertiary/aromatic N) is 1. The van der Waals surface area contributed by atoms with Crippen LogP contribution >= 0.6 is 11.8 Å². The molecule has 0 aliphatic heterocycles. The standard InChI is InChI=1S/C11H16N2OS/c1-11(2,3)10(14)13-9-8(15-4)6-5-7-12-9/h5-7H,1-4H3,(H,12,13,14). The molecule has 1 heterocycles. The number of rotatable bonds is 2. The molecule has 4 heteroatoms. The van der Waals surface area contributed by atoms with Crippen molar-refractivity contribution in [1.82, 2.24) is 4.98 Å². The van der Waals surface area contributed by atoms with Crippen LogP contribution in [0.1, 0.15) is 20.8 Å². The molecule has 1 aromatic heterocycles. The Bertz CT molecular complexity index is 358. The first-order valence-electron chi connectivity index (χ1n) is 4.75.